The average molecular weight is 600 g/mol. The summed E-state index contributed by atoms with van der Waals surface area (Å²) in [6, 6.07) is 18.9. The molecule has 2 amide bonds. The normalized spacial score (nSPS) is 14.0. The van der Waals surface area contributed by atoms with Crippen LogP contribution in [0.2, 0.25) is 0 Å². The molecule has 4 aromatic rings. The molecule has 3 aromatic carbocycles. The van der Waals surface area contributed by atoms with Crippen molar-refractivity contribution >= 4 is 38.5 Å². The van der Waals surface area contributed by atoms with Crippen LogP contribution < -0.4 is 24.8 Å². The zero-order valence-electron chi connectivity index (χ0n) is 24.1. The number of methoxy groups -OCH3 is 2. The predicted molar refractivity (Wildman–Crippen MR) is 165 cm³/mol. The van der Waals surface area contributed by atoms with Gasteiger partial charge in [0.2, 0.25) is 6.10 Å². The van der Waals surface area contributed by atoms with Gasteiger partial charge in [-0.3, -0.25) is 14.9 Å². The van der Waals surface area contributed by atoms with Crippen molar-refractivity contribution in [1.29, 1.82) is 5.26 Å². The molecule has 10 nitrogen and oxygen atoms in total. The fraction of sp³-hybridized carbons (Fsp3) is 0.312. The molecule has 2 N–H and O–H groups in total. The summed E-state index contributed by atoms with van der Waals surface area (Å²) in [6.45, 7) is 3.59. The van der Waals surface area contributed by atoms with E-state index in [1.54, 1.807) is 68.8 Å². The molecular weight excluding hydrogens is 566 g/mol. The van der Waals surface area contributed by atoms with E-state index in [9.17, 15) is 14.9 Å². The molecule has 1 fully saturated rings. The van der Waals surface area contributed by atoms with E-state index in [1.807, 2.05) is 6.07 Å². The lowest BCUT2D eigenvalue weighted by atomic mass is 10.1. The molecule has 0 radical (unpaired) electrons. The number of carbonyl (C=O) groups is 2. The number of likely N-dealkylation sites (tertiary alicyclic amines) is 1. The first-order valence-corrected chi connectivity index (χ1v) is 14.9. The molecule has 1 unspecified atom stereocenters. The SMILES string of the molecule is COc1cc2nc(NC(=O)C(Oc3ccc(C(=O)NCCN4CCCCC4)cc3)c3ccc(C#N)cc3)sc2cc1OC. The number of thiazole rings is 1. The Morgan fingerprint density at radius 1 is 1.00 bits per heavy atom. The Hall–Kier alpha value is -4.66. The maximum absolute atomic E-state index is 13.6. The lowest BCUT2D eigenvalue weighted by Gasteiger charge is -2.26. The van der Waals surface area contributed by atoms with E-state index in [1.165, 1.54) is 30.6 Å². The van der Waals surface area contributed by atoms with Crippen molar-refractivity contribution in [2.75, 3.05) is 45.7 Å². The lowest BCUT2D eigenvalue weighted by molar-refractivity contribution is -0.123. The molecule has 1 aromatic heterocycles. The summed E-state index contributed by atoms with van der Waals surface area (Å²) in [4.78, 5) is 33.2. The van der Waals surface area contributed by atoms with Crippen molar-refractivity contribution in [3.8, 4) is 23.3 Å². The number of nitrogens with one attached hydrogen (secondary N) is 2. The smallest absolute Gasteiger partial charge is 0.271 e. The molecule has 43 heavy (non-hydrogen) atoms. The van der Waals surface area contributed by atoms with Crippen LogP contribution in [-0.4, -0.2) is 62.1 Å². The maximum atomic E-state index is 13.6. The van der Waals surface area contributed by atoms with Gasteiger partial charge in [0.15, 0.2) is 16.6 Å². The number of ether oxygens (including phenoxy) is 3. The second-order valence-corrected chi connectivity index (χ2v) is 11.1. The fourth-order valence-electron chi connectivity index (χ4n) is 4.92. The van der Waals surface area contributed by atoms with Crippen LogP contribution in [-0.2, 0) is 4.79 Å². The van der Waals surface area contributed by atoms with Gasteiger partial charge in [-0.25, -0.2) is 4.98 Å². The van der Waals surface area contributed by atoms with Crippen LogP contribution >= 0.6 is 11.3 Å². The van der Waals surface area contributed by atoms with E-state index in [0.717, 1.165) is 24.3 Å². The molecule has 0 spiro atoms. The molecule has 1 atom stereocenters. The summed E-state index contributed by atoms with van der Waals surface area (Å²) in [5.41, 5.74) is 2.18. The molecule has 0 bridgehead atoms. The Kier molecular flexibility index (Phi) is 9.71. The molecule has 0 saturated carbocycles. The van der Waals surface area contributed by atoms with Gasteiger partial charge in [-0.05, 0) is 62.3 Å². The second kappa shape index (κ2) is 14.0. The monoisotopic (exact) mass is 599 g/mol. The summed E-state index contributed by atoms with van der Waals surface area (Å²) in [5, 5.41) is 15.4. The van der Waals surface area contributed by atoms with Crippen molar-refractivity contribution in [2.24, 2.45) is 0 Å². The Morgan fingerprint density at radius 3 is 2.37 bits per heavy atom. The highest BCUT2D eigenvalue weighted by atomic mass is 32.1. The lowest BCUT2D eigenvalue weighted by Crippen LogP contribution is -2.37. The van der Waals surface area contributed by atoms with Crippen molar-refractivity contribution in [2.45, 2.75) is 25.4 Å². The number of hydrogen-bond acceptors (Lipinski definition) is 9. The van der Waals surface area contributed by atoms with Gasteiger partial charge in [0.1, 0.15) is 5.75 Å². The molecule has 0 aliphatic carbocycles. The summed E-state index contributed by atoms with van der Waals surface area (Å²) in [7, 11) is 3.11. The van der Waals surface area contributed by atoms with E-state index < -0.39 is 12.0 Å². The minimum Gasteiger partial charge on any atom is -0.493 e. The van der Waals surface area contributed by atoms with Gasteiger partial charge in [-0.1, -0.05) is 29.9 Å². The van der Waals surface area contributed by atoms with E-state index in [2.05, 4.69) is 26.6 Å². The number of carbonyl (C=O) groups excluding carboxylic acids is 2. The number of nitrogens with zero attached hydrogens (tertiary/aromatic N) is 3. The topological polar surface area (TPSA) is 126 Å². The third-order valence-electron chi connectivity index (χ3n) is 7.24. The number of aromatic nitrogens is 1. The largest absolute Gasteiger partial charge is 0.493 e. The first kappa shape index (κ1) is 29.8. The zero-order valence-corrected chi connectivity index (χ0v) is 24.9. The first-order valence-electron chi connectivity index (χ1n) is 14.1. The van der Waals surface area contributed by atoms with Crippen LogP contribution in [0.4, 0.5) is 5.13 Å². The highest BCUT2D eigenvalue weighted by molar-refractivity contribution is 7.22. The van der Waals surface area contributed by atoms with Crippen molar-refractivity contribution < 1.29 is 23.8 Å². The third-order valence-corrected chi connectivity index (χ3v) is 8.17. The van der Waals surface area contributed by atoms with Crippen molar-refractivity contribution in [1.82, 2.24) is 15.2 Å². The van der Waals surface area contributed by atoms with Crippen LogP contribution in [0.3, 0.4) is 0 Å². The number of nitriles is 1. The van der Waals surface area contributed by atoms with Gasteiger partial charge in [0.25, 0.3) is 11.8 Å². The summed E-state index contributed by atoms with van der Waals surface area (Å²) < 4.78 is 17.7. The number of hydrogen-bond donors (Lipinski definition) is 2. The molecular formula is C32H33N5O5S. The van der Waals surface area contributed by atoms with Gasteiger partial charge < -0.3 is 24.4 Å². The number of fused-ring (bicyclic) bond motifs is 1. The fourth-order valence-corrected chi connectivity index (χ4v) is 5.80. The van der Waals surface area contributed by atoms with Crippen LogP contribution in [0, 0.1) is 11.3 Å². The number of benzene rings is 3. The number of anilines is 1. The maximum Gasteiger partial charge on any atom is 0.271 e. The highest BCUT2D eigenvalue weighted by Crippen LogP contribution is 2.36. The van der Waals surface area contributed by atoms with Crippen LogP contribution in [0.1, 0.15) is 46.9 Å². The van der Waals surface area contributed by atoms with Gasteiger partial charge in [0, 0.05) is 36.3 Å². The molecule has 1 aliphatic rings. The Labute approximate surface area is 254 Å². The van der Waals surface area contributed by atoms with E-state index >= 15 is 0 Å². The van der Waals surface area contributed by atoms with E-state index in [0.29, 0.717) is 51.1 Å². The van der Waals surface area contributed by atoms with Crippen LogP contribution in [0.25, 0.3) is 10.2 Å². The van der Waals surface area contributed by atoms with Gasteiger partial charge in [0.05, 0.1) is 36.1 Å². The Morgan fingerprint density at radius 2 is 1.70 bits per heavy atom. The number of piperidine rings is 1. The van der Waals surface area contributed by atoms with Crippen LogP contribution in [0.5, 0.6) is 17.2 Å². The third kappa shape index (κ3) is 7.41. The van der Waals surface area contributed by atoms with Crippen LogP contribution in [0.15, 0.2) is 60.7 Å². The standard InChI is InChI=1S/C32H33N5O5S/c1-40-26-18-25-28(19-27(26)41-2)43-32(35-25)36-31(39)29(22-8-6-21(20-33)7-9-22)42-24-12-10-23(11-13-24)30(38)34-14-17-37-15-4-3-5-16-37/h6-13,18-19,29H,3-5,14-17H2,1-2H3,(H,34,38)(H,35,36,39). The van der Waals surface area contributed by atoms with E-state index in [4.69, 9.17) is 14.2 Å². The Balaban J connectivity index is 1.29. The number of rotatable bonds is 11. The van der Waals surface area contributed by atoms with Crippen molar-refractivity contribution in [3.05, 3.63) is 77.4 Å². The molecule has 222 valence electrons. The van der Waals surface area contributed by atoms with Gasteiger partial charge >= 0.3 is 0 Å². The number of amides is 2. The van der Waals surface area contributed by atoms with Gasteiger partial charge in [-0.15, -0.1) is 0 Å². The summed E-state index contributed by atoms with van der Waals surface area (Å²) >= 11 is 1.30. The predicted octanol–water partition coefficient (Wildman–Crippen LogP) is 5.16. The quantitative estimate of drug-likeness (QED) is 0.242. The van der Waals surface area contributed by atoms with E-state index in [-0.39, 0.29) is 5.91 Å². The summed E-state index contributed by atoms with van der Waals surface area (Å²) in [5.74, 6) is 0.912. The second-order valence-electron chi connectivity index (χ2n) is 10.1. The molecule has 1 aliphatic heterocycles. The Bertz CT molecular complexity index is 1570. The molecule has 11 heteroatoms. The summed E-state index contributed by atoms with van der Waals surface area (Å²) in [6.07, 6.45) is 2.65. The minimum absolute atomic E-state index is 0.158. The minimum atomic E-state index is -1.05. The molecule has 2 heterocycles. The van der Waals surface area contributed by atoms with Crippen molar-refractivity contribution in [3.63, 3.8) is 0 Å². The molecule has 1 saturated heterocycles. The van der Waals surface area contributed by atoms with Gasteiger partial charge in [-0.2, -0.15) is 5.26 Å². The zero-order chi connectivity index (χ0) is 30.2. The first-order chi connectivity index (χ1) is 21.0. The highest BCUT2D eigenvalue weighted by Gasteiger charge is 2.25. The average Bonchev–Trinajstić information content (AvgIpc) is 3.44. The molecule has 5 rings (SSSR count).